The number of hydrogen-bond acceptors (Lipinski definition) is 20. The number of carbonyl (C=O) groups is 12. The summed E-state index contributed by atoms with van der Waals surface area (Å²) in [5.74, 6) is 0.357. The van der Waals surface area contributed by atoms with Crippen molar-refractivity contribution in [2.45, 2.75) is 140 Å². The summed E-state index contributed by atoms with van der Waals surface area (Å²) in [5, 5.41) is 14.7. The van der Waals surface area contributed by atoms with Gasteiger partial charge in [-0.05, 0) is 76.6 Å². The molecule has 30 nitrogen and oxygen atoms in total. The molecule has 16 N–H and O–H groups in total. The molecule has 2 aromatic rings. The average Bonchev–Trinajstić information content (AvgIpc) is 0.740. The molecule has 2 aliphatic rings. The largest absolute Gasteiger partial charge is 0.354 e. The van der Waals surface area contributed by atoms with Crippen LogP contribution in [0.3, 0.4) is 0 Å². The van der Waals surface area contributed by atoms with E-state index < -0.39 is 135 Å². The summed E-state index contributed by atoms with van der Waals surface area (Å²) in [6.45, 7) is 14.2. The van der Waals surface area contributed by atoms with Crippen molar-refractivity contribution >= 4 is 140 Å². The van der Waals surface area contributed by atoms with Gasteiger partial charge in [0.25, 0.3) is 35.4 Å². The Bertz CT molecular complexity index is 2790. The Morgan fingerprint density at radius 2 is 0.802 bits per heavy atom. The number of benzene rings is 2. The van der Waals surface area contributed by atoms with Crippen molar-refractivity contribution in [1.29, 1.82) is 0 Å². The van der Waals surface area contributed by atoms with Gasteiger partial charge in [0.05, 0.1) is 0 Å². The van der Waals surface area contributed by atoms with Gasteiger partial charge in [-0.1, -0.05) is 84.7 Å². The second-order valence-corrected chi connectivity index (χ2v) is 31.6. The zero-order chi connectivity index (χ0) is 64.8. The van der Waals surface area contributed by atoms with Crippen molar-refractivity contribution < 1.29 is 86.2 Å². The highest BCUT2D eigenvalue weighted by Gasteiger charge is 2.46. The predicted octanol–water partition coefficient (Wildman–Crippen LogP) is 0.0160. The highest BCUT2D eigenvalue weighted by atomic mass is 33.1. The average molecular weight is 1320 g/mol. The number of amides is 12. The summed E-state index contributed by atoms with van der Waals surface area (Å²) >= 11 is 0. The fourth-order valence-electron chi connectivity index (χ4n) is 8.62. The molecule has 2 aromatic carbocycles. The molecule has 0 bridgehead atoms. The zero-order valence-corrected chi connectivity index (χ0v) is 53.4. The van der Waals surface area contributed by atoms with E-state index in [0.717, 1.165) is 0 Å². The Labute approximate surface area is 511 Å². The molecule has 0 fully saturated rings. The second-order valence-electron chi connectivity index (χ2n) is 22.0. The minimum absolute atomic E-state index is 0.000383. The quantitative estimate of drug-likeness (QED) is 0.00873. The fraction of sp³-hybridized carbons (Fsp3) is 0.560. The minimum atomic E-state index is -4.75. The second kappa shape index (κ2) is 31.5. The summed E-state index contributed by atoms with van der Waals surface area (Å²) in [6, 6.07) is -2.85. The maximum atomic E-state index is 14.3. The first-order valence-electron chi connectivity index (χ1n) is 26.7. The van der Waals surface area contributed by atoms with E-state index in [0.29, 0.717) is 9.80 Å². The van der Waals surface area contributed by atoms with Crippen LogP contribution in [-0.2, 0) is 47.5 Å². The van der Waals surface area contributed by atoms with Crippen LogP contribution in [0.25, 0.3) is 10.8 Å². The van der Waals surface area contributed by atoms with E-state index in [2.05, 4.69) is 31.9 Å². The lowest BCUT2D eigenvalue weighted by molar-refractivity contribution is -0.131. The maximum Gasteiger partial charge on any atom is 0.334 e. The van der Waals surface area contributed by atoms with Gasteiger partial charge >= 0.3 is 15.2 Å². The summed E-state index contributed by atoms with van der Waals surface area (Å²) in [4.78, 5) is 200. The van der Waals surface area contributed by atoms with E-state index in [1.165, 1.54) is 81.3 Å². The van der Waals surface area contributed by atoms with Crippen molar-refractivity contribution in [2.24, 2.45) is 11.7 Å². The van der Waals surface area contributed by atoms with Crippen molar-refractivity contribution in [3.8, 4) is 0 Å². The normalized spacial score (nSPS) is 15.6. The molecule has 2 heterocycles. The van der Waals surface area contributed by atoms with Gasteiger partial charge in [-0.15, -0.1) is 0 Å². The first kappa shape index (κ1) is 72.8. The number of carbonyl (C=O) groups excluding carboxylic acids is 12. The SMILES string of the molecule is C[C@H](NC(=O)[C@H](CSSC(C)(C)C)NC(=O)CP(=O)(O)O)C(=O)NCCCC[C@@H](C(=O)NN)N1C(=O)c2ccc3c4c(ccc(c24)C1=O)C(=O)N([C@@H](CCCCNC(=O)[C@H](C)NC(=O)[C@H](CSSC(C)(C)C)NC(=O)CP(=O)(O)O)C(=O)NN)C3=O. The van der Waals surface area contributed by atoms with Crippen molar-refractivity contribution in [1.82, 2.24) is 52.6 Å². The molecule has 36 heteroatoms. The van der Waals surface area contributed by atoms with Crippen LogP contribution in [0.2, 0.25) is 0 Å². The molecule has 476 valence electrons. The topological polar surface area (TPSA) is 475 Å². The molecule has 0 unspecified atom stereocenters. The van der Waals surface area contributed by atoms with E-state index in [1.807, 2.05) is 52.4 Å². The highest BCUT2D eigenvalue weighted by Crippen LogP contribution is 2.41. The zero-order valence-electron chi connectivity index (χ0n) is 48.3. The van der Waals surface area contributed by atoms with Crippen LogP contribution >= 0.6 is 58.4 Å². The molecule has 0 saturated heterocycles. The number of hydrogen-bond donors (Lipinski definition) is 14. The maximum absolute atomic E-state index is 14.3. The van der Waals surface area contributed by atoms with Crippen molar-refractivity contribution in [2.75, 3.05) is 36.9 Å². The van der Waals surface area contributed by atoms with Gasteiger partial charge < -0.3 is 51.5 Å². The Hall–Kier alpha value is -5.64. The number of nitrogens with zero attached hydrogens (tertiary/aromatic N) is 2. The molecule has 86 heavy (non-hydrogen) atoms. The van der Waals surface area contributed by atoms with Gasteiger partial charge in [0.2, 0.25) is 35.4 Å². The van der Waals surface area contributed by atoms with Crippen LogP contribution in [0.1, 0.15) is 135 Å². The molecule has 0 aromatic heterocycles. The molecule has 12 amide bonds. The Morgan fingerprint density at radius 3 is 1.07 bits per heavy atom. The van der Waals surface area contributed by atoms with Crippen LogP contribution in [0.15, 0.2) is 24.3 Å². The fourth-order valence-corrected chi connectivity index (χ4v) is 14.5. The van der Waals surface area contributed by atoms with E-state index >= 15 is 0 Å². The van der Waals surface area contributed by atoms with Crippen LogP contribution in [0.4, 0.5) is 0 Å². The smallest absolute Gasteiger partial charge is 0.334 e. The van der Waals surface area contributed by atoms with Crippen LogP contribution in [-0.4, -0.2) is 183 Å². The lowest BCUT2D eigenvalue weighted by atomic mass is 9.84. The first-order chi connectivity index (χ1) is 39.9. The molecule has 0 saturated carbocycles. The minimum Gasteiger partial charge on any atom is -0.354 e. The third kappa shape index (κ3) is 21.3. The molecule has 0 radical (unpaired) electrons. The van der Waals surface area contributed by atoms with Crippen molar-refractivity contribution in [3.05, 3.63) is 46.5 Å². The Morgan fingerprint density at radius 1 is 0.500 bits per heavy atom. The summed E-state index contributed by atoms with van der Waals surface area (Å²) in [5.41, 5.74) is 3.36. The molecule has 0 aliphatic carbocycles. The summed E-state index contributed by atoms with van der Waals surface area (Å²) in [6.07, 6.45) is -2.04. The number of nitrogens with two attached hydrogens (primary N) is 2. The van der Waals surface area contributed by atoms with Gasteiger partial charge in [0.15, 0.2) is 0 Å². The van der Waals surface area contributed by atoms with Gasteiger partial charge in [0, 0.05) is 67.1 Å². The lowest BCUT2D eigenvalue weighted by Gasteiger charge is -2.36. The molecule has 0 spiro atoms. The number of hydrazine groups is 2. The van der Waals surface area contributed by atoms with E-state index in [4.69, 9.17) is 11.7 Å². The Balaban J connectivity index is 1.40. The number of rotatable bonds is 32. The molecular weight excluding hydrogens is 1250 g/mol. The van der Waals surface area contributed by atoms with E-state index in [-0.39, 0.29) is 106 Å². The third-order valence-corrected chi connectivity index (χ3v) is 20.6. The Kier molecular flexibility index (Phi) is 26.7. The van der Waals surface area contributed by atoms with E-state index in [1.54, 1.807) is 0 Å². The van der Waals surface area contributed by atoms with Gasteiger partial charge in [-0.3, -0.25) is 87.3 Å². The van der Waals surface area contributed by atoms with Gasteiger partial charge in [-0.25, -0.2) is 11.7 Å². The van der Waals surface area contributed by atoms with Gasteiger partial charge in [-0.2, -0.15) is 0 Å². The predicted molar refractivity (Wildman–Crippen MR) is 323 cm³/mol. The standard InChI is InChI=1S/C50H74N12O18P2S4/c1-25(55-41(67)31(23-83-85-49(3,4)5)57-35(63)21-81(75,76)77)39(65)53-19-11-9-13-33(43(69)59-51)61-45(71)27-15-17-29-38-30(18-16-28(37(27)38)46(61)72)48(74)62(47(29)73)34(44(70)60-52)14-10-12-20-54-40(66)26(2)56-42(68)32(24-84-86-50(6,7)8)58-36(64)22-82(78,79)80/h15-18,25-26,31-34H,9-14,19-24,51-52H2,1-8H3,(H,53,65)(H,54,66)(H,55,67)(H,56,68)(H,57,63)(H,58,64)(H,59,69)(H,60,70)(H2,75,76,77)(H2,78,79,80)/t25-,26-,31-,32-,33-,34-/m0/s1. The third-order valence-electron chi connectivity index (χ3n) is 12.5. The number of nitrogens with one attached hydrogen (secondary N) is 8. The van der Waals surface area contributed by atoms with E-state index in [9.17, 15) is 86.2 Å². The van der Waals surface area contributed by atoms with Gasteiger partial charge in [0.1, 0.15) is 48.6 Å². The van der Waals surface area contributed by atoms with Crippen LogP contribution < -0.4 is 54.4 Å². The summed E-state index contributed by atoms with van der Waals surface area (Å²) in [7, 11) is -4.23. The van der Waals surface area contributed by atoms with Crippen molar-refractivity contribution in [3.63, 3.8) is 0 Å². The molecule has 4 rings (SSSR count). The van der Waals surface area contributed by atoms with Crippen LogP contribution in [0, 0.1) is 0 Å². The monoisotopic (exact) mass is 1320 g/mol. The lowest BCUT2D eigenvalue weighted by Crippen LogP contribution is -2.56. The van der Waals surface area contributed by atoms with Crippen LogP contribution in [0.5, 0.6) is 0 Å². The summed E-state index contributed by atoms with van der Waals surface area (Å²) < 4.78 is 22.3. The molecular formula is C50H74N12O18P2S4. The first-order valence-corrected chi connectivity index (χ1v) is 34.9. The number of unbranched alkanes of at least 4 members (excludes halogenated alkanes) is 2. The highest BCUT2D eigenvalue weighted by molar-refractivity contribution is 8.77. The molecule has 2 aliphatic heterocycles. The molecule has 6 atom stereocenters. The number of imide groups is 2.